The summed E-state index contributed by atoms with van der Waals surface area (Å²) in [5.74, 6) is 0.852. The first kappa shape index (κ1) is 24.3. The molecule has 0 atom stereocenters. The van der Waals surface area contributed by atoms with Crippen molar-refractivity contribution in [2.75, 3.05) is 7.11 Å². The van der Waals surface area contributed by atoms with Gasteiger partial charge in [-0.15, -0.1) is 0 Å². The lowest BCUT2D eigenvalue weighted by atomic mass is 10.1. The molecule has 5 nitrogen and oxygen atoms in total. The number of halogens is 3. The summed E-state index contributed by atoms with van der Waals surface area (Å²) in [5, 5.41) is 7.19. The molecule has 1 amide bonds. The van der Waals surface area contributed by atoms with E-state index in [0.717, 1.165) is 25.5 Å². The average molecular weight is 605 g/mol. The van der Waals surface area contributed by atoms with E-state index < -0.39 is 0 Å². The number of benzene rings is 4. The van der Waals surface area contributed by atoms with Gasteiger partial charge in [-0.05, 0) is 81.4 Å². The highest BCUT2D eigenvalue weighted by molar-refractivity contribution is 14.1. The zero-order valence-corrected chi connectivity index (χ0v) is 21.7. The Kier molecular flexibility index (Phi) is 7.92. The van der Waals surface area contributed by atoms with Crippen LogP contribution in [0.5, 0.6) is 11.5 Å². The first-order chi connectivity index (χ1) is 16.4. The van der Waals surface area contributed by atoms with Crippen LogP contribution in [-0.4, -0.2) is 19.2 Å². The van der Waals surface area contributed by atoms with Gasteiger partial charge in [0.1, 0.15) is 18.1 Å². The summed E-state index contributed by atoms with van der Waals surface area (Å²) >= 11 is 14.3. The molecule has 0 aromatic heterocycles. The molecule has 4 aromatic carbocycles. The van der Waals surface area contributed by atoms with E-state index >= 15 is 0 Å². The van der Waals surface area contributed by atoms with Crippen LogP contribution in [0.25, 0.3) is 10.8 Å². The van der Waals surface area contributed by atoms with Crippen LogP contribution in [0.2, 0.25) is 10.0 Å². The first-order valence-corrected chi connectivity index (χ1v) is 12.0. The van der Waals surface area contributed by atoms with E-state index in [0.29, 0.717) is 33.7 Å². The second-order valence-electron chi connectivity index (χ2n) is 7.31. The molecule has 0 spiro atoms. The minimum Gasteiger partial charge on any atom is -0.496 e. The van der Waals surface area contributed by atoms with Gasteiger partial charge in [0, 0.05) is 15.6 Å². The molecule has 0 fully saturated rings. The Morgan fingerprint density at radius 3 is 2.47 bits per heavy atom. The second-order valence-corrected chi connectivity index (χ2v) is 9.32. The number of rotatable bonds is 7. The summed E-state index contributed by atoms with van der Waals surface area (Å²) in [7, 11) is 1.54. The maximum absolute atomic E-state index is 12.7. The standard InChI is InChI=1S/C26H19Cl2IN2O3/c1-33-25-12-18-5-3-2-4-17(18)11-21(25)26(32)31-30-14-16-6-9-24(23(29)10-16)34-15-19-7-8-20(27)13-22(19)28/h2-14H,15H2,1H3,(H,31,32)/b30-14-. The van der Waals surface area contributed by atoms with Crippen molar-refractivity contribution >= 4 is 68.7 Å². The predicted octanol–water partition coefficient (Wildman–Crippen LogP) is 7.10. The van der Waals surface area contributed by atoms with Crippen LogP contribution in [0.4, 0.5) is 0 Å². The van der Waals surface area contributed by atoms with Crippen LogP contribution in [0, 0.1) is 3.57 Å². The van der Waals surface area contributed by atoms with E-state index in [2.05, 4.69) is 33.1 Å². The van der Waals surface area contributed by atoms with E-state index in [9.17, 15) is 4.79 Å². The van der Waals surface area contributed by atoms with Crippen molar-refractivity contribution in [3.63, 3.8) is 0 Å². The Balaban J connectivity index is 1.41. The van der Waals surface area contributed by atoms with Crippen molar-refractivity contribution < 1.29 is 14.3 Å². The highest BCUT2D eigenvalue weighted by Crippen LogP contribution is 2.27. The minimum absolute atomic E-state index is 0.323. The van der Waals surface area contributed by atoms with E-state index in [1.165, 1.54) is 7.11 Å². The number of hydrazone groups is 1. The van der Waals surface area contributed by atoms with Crippen molar-refractivity contribution in [3.05, 3.63) is 103 Å². The van der Waals surface area contributed by atoms with Crippen LogP contribution in [0.1, 0.15) is 21.5 Å². The van der Waals surface area contributed by atoms with Crippen LogP contribution in [0.3, 0.4) is 0 Å². The maximum Gasteiger partial charge on any atom is 0.275 e. The number of nitrogens with one attached hydrogen (secondary N) is 1. The van der Waals surface area contributed by atoms with Crippen LogP contribution in [-0.2, 0) is 6.61 Å². The third kappa shape index (κ3) is 5.81. The van der Waals surface area contributed by atoms with Crippen LogP contribution >= 0.6 is 45.8 Å². The number of fused-ring (bicyclic) bond motifs is 1. The molecule has 0 aliphatic rings. The third-order valence-electron chi connectivity index (χ3n) is 5.05. The summed E-state index contributed by atoms with van der Waals surface area (Å²) in [6.45, 7) is 0.323. The zero-order valence-electron chi connectivity index (χ0n) is 18.0. The lowest BCUT2D eigenvalue weighted by Crippen LogP contribution is -2.18. The summed E-state index contributed by atoms with van der Waals surface area (Å²) < 4.78 is 12.2. The van der Waals surface area contributed by atoms with Crippen molar-refractivity contribution in [1.82, 2.24) is 5.43 Å². The SMILES string of the molecule is COc1cc2ccccc2cc1C(=O)N/N=C\c1ccc(OCc2ccc(Cl)cc2Cl)c(I)c1. The van der Waals surface area contributed by atoms with Gasteiger partial charge in [0.05, 0.1) is 22.5 Å². The number of hydrogen-bond donors (Lipinski definition) is 1. The number of amides is 1. The lowest BCUT2D eigenvalue weighted by molar-refractivity contribution is 0.0952. The number of methoxy groups -OCH3 is 1. The van der Waals surface area contributed by atoms with Gasteiger partial charge in [0.25, 0.3) is 5.91 Å². The fourth-order valence-corrected chi connectivity index (χ4v) is 4.46. The Hall–Kier alpha value is -2.81. The molecular weight excluding hydrogens is 586 g/mol. The summed E-state index contributed by atoms with van der Waals surface area (Å²) in [4.78, 5) is 12.7. The van der Waals surface area contributed by atoms with Crippen LogP contribution < -0.4 is 14.9 Å². The molecule has 1 N–H and O–H groups in total. The molecule has 8 heteroatoms. The number of hydrogen-bond acceptors (Lipinski definition) is 4. The number of nitrogens with zero attached hydrogens (tertiary/aromatic N) is 1. The van der Waals surface area contributed by atoms with Crippen molar-refractivity contribution in [3.8, 4) is 11.5 Å². The summed E-state index contributed by atoms with van der Waals surface area (Å²) in [6, 6.07) is 22.3. The van der Waals surface area contributed by atoms with Gasteiger partial charge in [-0.25, -0.2) is 5.43 Å². The monoisotopic (exact) mass is 604 g/mol. The van der Waals surface area contributed by atoms with Crippen molar-refractivity contribution in [2.24, 2.45) is 5.10 Å². The Bertz CT molecular complexity index is 1390. The van der Waals surface area contributed by atoms with E-state index in [-0.39, 0.29) is 5.91 Å². The average Bonchev–Trinajstić information content (AvgIpc) is 2.83. The quantitative estimate of drug-likeness (QED) is 0.139. The molecule has 0 bridgehead atoms. The van der Waals surface area contributed by atoms with Crippen molar-refractivity contribution in [1.29, 1.82) is 0 Å². The molecule has 0 saturated heterocycles. The molecule has 0 aliphatic carbocycles. The van der Waals surface area contributed by atoms with E-state index in [1.54, 1.807) is 24.4 Å². The molecule has 172 valence electrons. The highest BCUT2D eigenvalue weighted by atomic mass is 127. The van der Waals surface area contributed by atoms with Gasteiger partial charge in [-0.2, -0.15) is 5.10 Å². The van der Waals surface area contributed by atoms with Gasteiger partial charge < -0.3 is 9.47 Å². The Morgan fingerprint density at radius 1 is 1.00 bits per heavy atom. The second kappa shape index (κ2) is 11.1. The molecule has 0 radical (unpaired) electrons. The largest absolute Gasteiger partial charge is 0.496 e. The van der Waals surface area contributed by atoms with Gasteiger partial charge in [0.2, 0.25) is 0 Å². The van der Waals surface area contributed by atoms with Crippen LogP contribution in [0.15, 0.2) is 77.9 Å². The lowest BCUT2D eigenvalue weighted by Gasteiger charge is -2.10. The fraction of sp³-hybridized carbons (Fsp3) is 0.0769. The summed E-state index contributed by atoms with van der Waals surface area (Å²) in [6.07, 6.45) is 1.58. The van der Waals surface area contributed by atoms with Crippen molar-refractivity contribution in [2.45, 2.75) is 6.61 Å². The number of carbonyl (C=O) groups excluding carboxylic acids is 1. The molecule has 0 aliphatic heterocycles. The van der Waals surface area contributed by atoms with E-state index in [1.807, 2.05) is 54.6 Å². The Labute approximate surface area is 220 Å². The topological polar surface area (TPSA) is 59.9 Å². The third-order valence-corrected chi connectivity index (χ3v) is 6.48. The van der Waals surface area contributed by atoms with Gasteiger partial charge in [-0.1, -0.05) is 53.5 Å². The molecular formula is C26H19Cl2IN2O3. The smallest absolute Gasteiger partial charge is 0.275 e. The molecule has 4 aromatic rings. The summed E-state index contributed by atoms with van der Waals surface area (Å²) in [5.41, 5.74) is 4.64. The van der Waals surface area contributed by atoms with Gasteiger partial charge in [-0.3, -0.25) is 4.79 Å². The van der Waals surface area contributed by atoms with E-state index in [4.69, 9.17) is 32.7 Å². The Morgan fingerprint density at radius 2 is 1.76 bits per heavy atom. The minimum atomic E-state index is -0.353. The first-order valence-electron chi connectivity index (χ1n) is 10.2. The zero-order chi connectivity index (χ0) is 24.1. The molecule has 0 unspecified atom stereocenters. The molecule has 0 saturated carbocycles. The normalized spacial score (nSPS) is 11.1. The maximum atomic E-state index is 12.7. The van der Waals surface area contributed by atoms with Gasteiger partial charge in [0.15, 0.2) is 0 Å². The predicted molar refractivity (Wildman–Crippen MR) is 146 cm³/mol. The highest BCUT2D eigenvalue weighted by Gasteiger charge is 2.13. The number of ether oxygens (including phenoxy) is 2. The number of carbonyl (C=O) groups is 1. The molecule has 34 heavy (non-hydrogen) atoms. The van der Waals surface area contributed by atoms with Gasteiger partial charge >= 0.3 is 0 Å². The molecule has 4 rings (SSSR count). The fourth-order valence-electron chi connectivity index (χ4n) is 3.30. The molecule has 0 heterocycles.